The summed E-state index contributed by atoms with van der Waals surface area (Å²) in [5.74, 6) is 1.67. The molecule has 0 radical (unpaired) electrons. The maximum absolute atomic E-state index is 7.17. The molecule has 0 bridgehead atoms. The van der Waals surface area contributed by atoms with E-state index in [2.05, 4.69) is 124 Å². The number of ether oxygens (including phenoxy) is 1. The van der Waals surface area contributed by atoms with Gasteiger partial charge in [-0.2, -0.15) is 0 Å². The van der Waals surface area contributed by atoms with Gasteiger partial charge in [0.15, 0.2) is 0 Å². The number of nitrogens with zero attached hydrogens (tertiary/aromatic N) is 2. The summed E-state index contributed by atoms with van der Waals surface area (Å²) in [4.78, 5) is 9.80. The summed E-state index contributed by atoms with van der Waals surface area (Å²) in [5.41, 5.74) is 9.52. The third-order valence-electron chi connectivity index (χ3n) is 10.1. The molecular formula is C38H42Br2N2O. The number of pyridine rings is 2. The van der Waals surface area contributed by atoms with Crippen LogP contribution in [-0.4, -0.2) is 9.97 Å². The van der Waals surface area contributed by atoms with Gasteiger partial charge in [0, 0.05) is 11.1 Å². The molecule has 224 valence electrons. The molecule has 2 heterocycles. The monoisotopic (exact) mass is 700 g/mol. The Hall–Kier alpha value is -2.50. The minimum Gasteiger partial charge on any atom is -0.456 e. The minimum absolute atomic E-state index is 0.0444. The molecule has 4 aromatic rings. The molecule has 43 heavy (non-hydrogen) atoms. The fourth-order valence-electron chi connectivity index (χ4n) is 6.99. The van der Waals surface area contributed by atoms with Crippen molar-refractivity contribution in [3.8, 4) is 34.0 Å². The molecule has 2 aromatic heterocycles. The zero-order valence-corrected chi connectivity index (χ0v) is 29.8. The third kappa shape index (κ3) is 5.61. The Morgan fingerprint density at radius 2 is 0.837 bits per heavy atom. The average Bonchev–Trinajstić information content (AvgIpc) is 2.93. The van der Waals surface area contributed by atoms with E-state index in [-0.39, 0.29) is 21.7 Å². The highest BCUT2D eigenvalue weighted by molar-refractivity contribution is 9.10. The largest absolute Gasteiger partial charge is 0.456 e. The van der Waals surface area contributed by atoms with Crippen molar-refractivity contribution in [3.63, 3.8) is 0 Å². The Kier molecular flexibility index (Phi) is 7.49. The van der Waals surface area contributed by atoms with Crippen LogP contribution in [0.2, 0.25) is 0 Å². The quantitative estimate of drug-likeness (QED) is 0.199. The average molecular weight is 703 g/mol. The lowest BCUT2D eigenvalue weighted by Gasteiger charge is -2.43. The second kappa shape index (κ2) is 10.5. The normalized spacial score (nSPS) is 19.3. The smallest absolute Gasteiger partial charge is 0.137 e. The Morgan fingerprint density at radius 3 is 1.16 bits per heavy atom. The van der Waals surface area contributed by atoms with Crippen molar-refractivity contribution in [2.75, 3.05) is 0 Å². The van der Waals surface area contributed by atoms with Crippen molar-refractivity contribution in [1.29, 1.82) is 0 Å². The number of hydrogen-bond acceptors (Lipinski definition) is 3. The SMILES string of the molecule is CC1(C)CCC(C)(C)c2cc(-c3cccc(Br)n3)c(Oc3cc4c(cc3-c3cccc(Br)n3)C(C)(C)CCC4(C)C)cc21. The highest BCUT2D eigenvalue weighted by Crippen LogP contribution is 2.52. The fraction of sp³-hybridized carbons (Fsp3) is 0.421. The van der Waals surface area contributed by atoms with Gasteiger partial charge in [0.1, 0.15) is 20.7 Å². The van der Waals surface area contributed by atoms with Gasteiger partial charge in [-0.1, -0.05) is 67.5 Å². The van der Waals surface area contributed by atoms with Crippen LogP contribution in [0.15, 0.2) is 69.9 Å². The number of rotatable bonds is 4. The number of benzene rings is 2. The second-order valence-corrected chi connectivity index (χ2v) is 16.7. The first-order valence-corrected chi connectivity index (χ1v) is 17.0. The van der Waals surface area contributed by atoms with E-state index < -0.39 is 0 Å². The number of halogens is 2. The lowest BCUT2D eigenvalue weighted by Crippen LogP contribution is -2.34. The molecule has 0 N–H and O–H groups in total. The van der Waals surface area contributed by atoms with Gasteiger partial charge >= 0.3 is 0 Å². The topological polar surface area (TPSA) is 35.0 Å². The van der Waals surface area contributed by atoms with Crippen molar-refractivity contribution >= 4 is 31.9 Å². The molecule has 0 amide bonds. The van der Waals surface area contributed by atoms with Gasteiger partial charge in [0.05, 0.1) is 11.4 Å². The van der Waals surface area contributed by atoms with Crippen LogP contribution in [0.25, 0.3) is 22.5 Å². The van der Waals surface area contributed by atoms with Gasteiger partial charge in [-0.15, -0.1) is 0 Å². The van der Waals surface area contributed by atoms with E-state index in [0.717, 1.165) is 68.9 Å². The van der Waals surface area contributed by atoms with Crippen molar-refractivity contribution in [3.05, 3.63) is 92.1 Å². The van der Waals surface area contributed by atoms with Crippen LogP contribution >= 0.6 is 31.9 Å². The van der Waals surface area contributed by atoms with Crippen molar-refractivity contribution in [2.24, 2.45) is 0 Å². The van der Waals surface area contributed by atoms with Crippen molar-refractivity contribution in [2.45, 2.75) is 103 Å². The van der Waals surface area contributed by atoms with E-state index in [1.165, 1.54) is 22.3 Å². The Morgan fingerprint density at radius 1 is 0.512 bits per heavy atom. The summed E-state index contributed by atoms with van der Waals surface area (Å²) in [7, 11) is 0. The third-order valence-corrected chi connectivity index (χ3v) is 11.0. The maximum Gasteiger partial charge on any atom is 0.137 e. The van der Waals surface area contributed by atoms with Crippen LogP contribution in [0.4, 0.5) is 0 Å². The first kappa shape index (κ1) is 30.5. The molecule has 0 fully saturated rings. The van der Waals surface area contributed by atoms with Gasteiger partial charge in [-0.25, -0.2) is 9.97 Å². The van der Waals surface area contributed by atoms with Crippen LogP contribution < -0.4 is 4.74 Å². The van der Waals surface area contributed by atoms with E-state index in [1.54, 1.807) is 0 Å². The van der Waals surface area contributed by atoms with Gasteiger partial charge in [-0.05, 0) is 150 Å². The van der Waals surface area contributed by atoms with Gasteiger partial charge in [-0.3, -0.25) is 0 Å². The van der Waals surface area contributed by atoms with E-state index in [0.29, 0.717) is 0 Å². The highest BCUT2D eigenvalue weighted by atomic mass is 79.9. The molecule has 5 heteroatoms. The summed E-state index contributed by atoms with van der Waals surface area (Å²) in [5, 5.41) is 0. The van der Waals surface area contributed by atoms with E-state index in [9.17, 15) is 0 Å². The predicted molar refractivity (Wildman–Crippen MR) is 185 cm³/mol. The number of aromatic nitrogens is 2. The minimum atomic E-state index is 0.0444. The molecule has 0 atom stereocenters. The second-order valence-electron chi connectivity index (χ2n) is 15.1. The molecule has 3 nitrogen and oxygen atoms in total. The van der Waals surface area contributed by atoms with Gasteiger partial charge in [0.2, 0.25) is 0 Å². The van der Waals surface area contributed by atoms with Gasteiger partial charge < -0.3 is 4.74 Å². The van der Waals surface area contributed by atoms with E-state index in [4.69, 9.17) is 14.7 Å². The lowest BCUT2D eigenvalue weighted by atomic mass is 9.62. The summed E-state index contributed by atoms with van der Waals surface area (Å²) in [6.07, 6.45) is 4.56. The lowest BCUT2D eigenvalue weighted by molar-refractivity contribution is 0.328. The van der Waals surface area contributed by atoms with Crippen LogP contribution in [0, 0.1) is 0 Å². The van der Waals surface area contributed by atoms with Gasteiger partial charge in [0.25, 0.3) is 0 Å². The van der Waals surface area contributed by atoms with Crippen molar-refractivity contribution in [1.82, 2.24) is 9.97 Å². The summed E-state index contributed by atoms with van der Waals surface area (Å²) >= 11 is 7.23. The molecule has 2 aliphatic carbocycles. The number of fused-ring (bicyclic) bond motifs is 2. The molecule has 2 aromatic carbocycles. The first-order chi connectivity index (χ1) is 20.1. The molecule has 6 rings (SSSR count). The van der Waals surface area contributed by atoms with E-state index in [1.807, 2.05) is 24.3 Å². The Bertz CT molecular complexity index is 1610. The fourth-order valence-corrected chi connectivity index (χ4v) is 7.68. The summed E-state index contributed by atoms with van der Waals surface area (Å²) in [6, 6.07) is 21.5. The van der Waals surface area contributed by atoms with E-state index >= 15 is 0 Å². The molecule has 0 saturated heterocycles. The van der Waals surface area contributed by atoms with Crippen molar-refractivity contribution < 1.29 is 4.74 Å². The van der Waals surface area contributed by atoms with Crippen LogP contribution in [0.1, 0.15) is 103 Å². The zero-order valence-electron chi connectivity index (χ0n) is 26.7. The van der Waals surface area contributed by atoms with Crippen LogP contribution in [-0.2, 0) is 21.7 Å². The van der Waals surface area contributed by atoms with Crippen LogP contribution in [0.3, 0.4) is 0 Å². The van der Waals surface area contributed by atoms with Crippen LogP contribution in [0.5, 0.6) is 11.5 Å². The molecule has 0 saturated carbocycles. The predicted octanol–water partition coefficient (Wildman–Crippen LogP) is 11.8. The Labute approximate surface area is 274 Å². The first-order valence-electron chi connectivity index (χ1n) is 15.4. The molecule has 0 spiro atoms. The molecule has 0 unspecified atom stereocenters. The number of hydrogen-bond donors (Lipinski definition) is 0. The maximum atomic E-state index is 7.17. The molecular weight excluding hydrogens is 660 g/mol. The summed E-state index contributed by atoms with van der Waals surface area (Å²) < 4.78 is 8.79. The standard InChI is InChI=1S/C38H42Br2N2O/c1-35(2)15-17-37(5,6)27-21-31(23(19-25(27)35)29-11-9-13-33(39)41-29)43-32-22-28-26(36(3,4)16-18-38(28,7)8)20-24(32)30-12-10-14-34(40)42-30/h9-14,19-22H,15-18H2,1-8H3. The molecule has 0 aliphatic heterocycles. The highest BCUT2D eigenvalue weighted by Gasteiger charge is 2.40. The molecule has 2 aliphatic rings. The zero-order chi connectivity index (χ0) is 30.9. The Balaban J connectivity index is 1.63. The summed E-state index contributed by atoms with van der Waals surface area (Å²) in [6.45, 7) is 18.9.